The second-order valence-corrected chi connectivity index (χ2v) is 5.89. The van der Waals surface area contributed by atoms with Crippen molar-refractivity contribution in [1.82, 2.24) is 10.2 Å². The maximum Gasteiger partial charge on any atom is 0.0216 e. The Labute approximate surface area is 120 Å². The highest BCUT2D eigenvalue weighted by atomic mass is 127. The number of nitrogens with zero attached hydrogens (tertiary/aromatic N) is 1. The third kappa shape index (κ3) is 5.12. The molecule has 1 aromatic rings. The van der Waals surface area contributed by atoms with Crippen molar-refractivity contribution < 1.29 is 0 Å². The maximum atomic E-state index is 3.50. The monoisotopic (exact) mass is 396 g/mol. The van der Waals surface area contributed by atoms with Gasteiger partial charge in [0.25, 0.3) is 0 Å². The molecule has 0 aromatic heterocycles. The summed E-state index contributed by atoms with van der Waals surface area (Å²) in [5.41, 5.74) is 1.36. The standard InChI is InChI=1S/C12H18BrIN2/c1-3-16(2)7-6-15-9-10-8-11(13)4-5-12(10)14/h4-5,8,15H,3,6-7,9H2,1-2H3. The number of hydrogen-bond acceptors (Lipinski definition) is 2. The first-order chi connectivity index (χ1) is 7.63. The third-order valence-corrected chi connectivity index (χ3v) is 4.08. The van der Waals surface area contributed by atoms with Crippen LogP contribution in [0.15, 0.2) is 22.7 Å². The molecule has 16 heavy (non-hydrogen) atoms. The molecule has 0 saturated carbocycles. The van der Waals surface area contributed by atoms with Crippen molar-refractivity contribution >= 4 is 38.5 Å². The second kappa shape index (κ2) is 7.63. The normalized spacial score (nSPS) is 11.1. The Morgan fingerprint density at radius 3 is 2.88 bits per heavy atom. The molecule has 0 spiro atoms. The largest absolute Gasteiger partial charge is 0.311 e. The minimum Gasteiger partial charge on any atom is -0.311 e. The van der Waals surface area contributed by atoms with Gasteiger partial charge in [0.05, 0.1) is 0 Å². The fraction of sp³-hybridized carbons (Fsp3) is 0.500. The fourth-order valence-electron chi connectivity index (χ4n) is 1.33. The number of halogens is 2. The number of rotatable bonds is 6. The van der Waals surface area contributed by atoms with Crippen molar-refractivity contribution in [3.8, 4) is 0 Å². The summed E-state index contributed by atoms with van der Waals surface area (Å²) in [5, 5.41) is 3.47. The Morgan fingerprint density at radius 2 is 2.19 bits per heavy atom. The fourth-order valence-corrected chi connectivity index (χ4v) is 2.26. The molecule has 0 fully saturated rings. The molecular weight excluding hydrogens is 379 g/mol. The van der Waals surface area contributed by atoms with Gasteiger partial charge in [0.15, 0.2) is 0 Å². The lowest BCUT2D eigenvalue weighted by molar-refractivity contribution is 0.349. The van der Waals surface area contributed by atoms with Gasteiger partial charge in [0.1, 0.15) is 0 Å². The van der Waals surface area contributed by atoms with Crippen LogP contribution in [0.5, 0.6) is 0 Å². The topological polar surface area (TPSA) is 15.3 Å². The molecule has 4 heteroatoms. The number of hydrogen-bond donors (Lipinski definition) is 1. The van der Waals surface area contributed by atoms with Gasteiger partial charge in [-0.15, -0.1) is 0 Å². The molecule has 0 unspecified atom stereocenters. The number of nitrogens with one attached hydrogen (secondary N) is 1. The van der Waals surface area contributed by atoms with Crippen molar-refractivity contribution in [2.45, 2.75) is 13.5 Å². The van der Waals surface area contributed by atoms with Crippen LogP contribution in [0.25, 0.3) is 0 Å². The van der Waals surface area contributed by atoms with Crippen molar-refractivity contribution in [2.75, 3.05) is 26.7 Å². The summed E-state index contributed by atoms with van der Waals surface area (Å²) in [7, 11) is 2.14. The molecule has 0 radical (unpaired) electrons. The molecule has 0 amide bonds. The smallest absolute Gasteiger partial charge is 0.0216 e. The van der Waals surface area contributed by atoms with Gasteiger partial charge in [0.2, 0.25) is 0 Å². The van der Waals surface area contributed by atoms with E-state index in [0.717, 1.165) is 30.7 Å². The highest BCUT2D eigenvalue weighted by Gasteiger charge is 2.00. The predicted molar refractivity (Wildman–Crippen MR) is 81.7 cm³/mol. The summed E-state index contributed by atoms with van der Waals surface area (Å²) < 4.78 is 2.47. The van der Waals surface area contributed by atoms with Crippen molar-refractivity contribution in [3.63, 3.8) is 0 Å². The van der Waals surface area contributed by atoms with Gasteiger partial charge in [-0.25, -0.2) is 0 Å². The first-order valence-corrected chi connectivity index (χ1v) is 7.34. The molecule has 0 aliphatic carbocycles. The average Bonchev–Trinajstić information content (AvgIpc) is 2.28. The molecule has 1 rings (SSSR count). The van der Waals surface area contributed by atoms with Crippen molar-refractivity contribution in [1.29, 1.82) is 0 Å². The van der Waals surface area contributed by atoms with Crippen molar-refractivity contribution in [3.05, 3.63) is 31.8 Å². The lowest BCUT2D eigenvalue weighted by Gasteiger charge is -2.14. The summed E-state index contributed by atoms with van der Waals surface area (Å²) >= 11 is 5.88. The van der Waals surface area contributed by atoms with E-state index in [-0.39, 0.29) is 0 Å². The van der Waals surface area contributed by atoms with Crippen molar-refractivity contribution in [2.24, 2.45) is 0 Å². The first-order valence-electron chi connectivity index (χ1n) is 5.46. The van der Waals surface area contributed by atoms with E-state index in [1.54, 1.807) is 0 Å². The van der Waals surface area contributed by atoms with Gasteiger partial charge in [-0.2, -0.15) is 0 Å². The average molecular weight is 397 g/mol. The molecule has 0 atom stereocenters. The lowest BCUT2D eigenvalue weighted by Crippen LogP contribution is -2.28. The molecule has 0 heterocycles. The zero-order valence-corrected chi connectivity index (χ0v) is 13.5. The van der Waals surface area contributed by atoms with E-state index in [1.165, 1.54) is 9.13 Å². The molecule has 0 aliphatic rings. The second-order valence-electron chi connectivity index (χ2n) is 3.81. The van der Waals surface area contributed by atoms with Crippen LogP contribution in [-0.2, 0) is 6.54 Å². The van der Waals surface area contributed by atoms with E-state index in [2.05, 4.69) is 80.9 Å². The van der Waals surface area contributed by atoms with Crippen LogP contribution >= 0.6 is 38.5 Å². The summed E-state index contributed by atoms with van der Waals surface area (Å²) in [6.45, 7) is 6.36. The van der Waals surface area contributed by atoms with Crippen LogP contribution in [0, 0.1) is 3.57 Å². The molecule has 0 saturated heterocycles. The molecule has 0 bridgehead atoms. The Kier molecular flexibility index (Phi) is 6.87. The Morgan fingerprint density at radius 1 is 1.44 bits per heavy atom. The van der Waals surface area contributed by atoms with Gasteiger partial charge in [0, 0.05) is 27.7 Å². The quantitative estimate of drug-likeness (QED) is 0.587. The van der Waals surface area contributed by atoms with E-state index < -0.39 is 0 Å². The molecule has 0 aliphatic heterocycles. The van der Waals surface area contributed by atoms with Crippen LogP contribution in [0.2, 0.25) is 0 Å². The zero-order chi connectivity index (χ0) is 12.0. The van der Waals surface area contributed by atoms with Gasteiger partial charge in [-0.3, -0.25) is 0 Å². The molecule has 90 valence electrons. The SMILES string of the molecule is CCN(C)CCNCc1cc(Br)ccc1I. The number of likely N-dealkylation sites (N-methyl/N-ethyl adjacent to an activating group) is 1. The van der Waals surface area contributed by atoms with Crippen LogP contribution < -0.4 is 5.32 Å². The first kappa shape index (κ1) is 14.4. The van der Waals surface area contributed by atoms with E-state index in [0.29, 0.717) is 0 Å². The molecule has 1 aromatic carbocycles. The number of benzene rings is 1. The van der Waals surface area contributed by atoms with E-state index in [4.69, 9.17) is 0 Å². The Balaban J connectivity index is 2.34. The zero-order valence-electron chi connectivity index (χ0n) is 9.76. The summed E-state index contributed by atoms with van der Waals surface area (Å²) in [6, 6.07) is 6.40. The highest BCUT2D eigenvalue weighted by Crippen LogP contribution is 2.18. The van der Waals surface area contributed by atoms with Crippen LogP contribution in [0.4, 0.5) is 0 Å². The highest BCUT2D eigenvalue weighted by molar-refractivity contribution is 14.1. The van der Waals surface area contributed by atoms with Crippen LogP contribution in [-0.4, -0.2) is 31.6 Å². The Hall–Kier alpha value is 0.350. The molecule has 1 N–H and O–H groups in total. The van der Waals surface area contributed by atoms with Crippen LogP contribution in [0.3, 0.4) is 0 Å². The van der Waals surface area contributed by atoms with E-state index in [1.807, 2.05) is 0 Å². The minimum absolute atomic E-state index is 0.940. The lowest BCUT2D eigenvalue weighted by atomic mass is 10.2. The van der Waals surface area contributed by atoms with Gasteiger partial charge in [-0.1, -0.05) is 22.9 Å². The van der Waals surface area contributed by atoms with Crippen LogP contribution in [0.1, 0.15) is 12.5 Å². The van der Waals surface area contributed by atoms with E-state index >= 15 is 0 Å². The summed E-state index contributed by atoms with van der Waals surface area (Å²) in [4.78, 5) is 2.30. The maximum absolute atomic E-state index is 3.50. The minimum atomic E-state index is 0.940. The third-order valence-electron chi connectivity index (χ3n) is 2.53. The van der Waals surface area contributed by atoms with Gasteiger partial charge in [-0.05, 0) is 59.9 Å². The summed E-state index contributed by atoms with van der Waals surface area (Å²) in [6.07, 6.45) is 0. The van der Waals surface area contributed by atoms with Gasteiger partial charge >= 0.3 is 0 Å². The molecule has 2 nitrogen and oxygen atoms in total. The van der Waals surface area contributed by atoms with E-state index in [9.17, 15) is 0 Å². The Bertz CT molecular complexity index is 331. The predicted octanol–water partition coefficient (Wildman–Crippen LogP) is 3.10. The van der Waals surface area contributed by atoms with Gasteiger partial charge < -0.3 is 10.2 Å². The summed E-state index contributed by atoms with van der Waals surface area (Å²) in [5.74, 6) is 0. The molecular formula is C12H18BrIN2.